The van der Waals surface area contributed by atoms with Crippen LogP contribution in [0.15, 0.2) is 36.4 Å². The summed E-state index contributed by atoms with van der Waals surface area (Å²) < 4.78 is 33.9. The second-order valence-corrected chi connectivity index (χ2v) is 11.6. The van der Waals surface area contributed by atoms with Gasteiger partial charge in [0.05, 0.1) is 11.2 Å². The Kier molecular flexibility index (Phi) is 7.80. The van der Waals surface area contributed by atoms with E-state index in [0.29, 0.717) is 24.4 Å². The first-order valence-corrected chi connectivity index (χ1v) is 14.3. The molecule has 1 N–H and O–H groups in total. The Morgan fingerprint density at radius 1 is 1.05 bits per heavy atom. The minimum absolute atomic E-state index is 0.0730. The van der Waals surface area contributed by atoms with Gasteiger partial charge in [0.1, 0.15) is 6.54 Å². The molecule has 37 heavy (non-hydrogen) atoms. The normalized spacial score (nSPS) is 19.7. The highest BCUT2D eigenvalue weighted by molar-refractivity contribution is 7.85. The topological polar surface area (TPSA) is 121 Å². The van der Waals surface area contributed by atoms with Gasteiger partial charge in [0.2, 0.25) is 5.69 Å². The van der Waals surface area contributed by atoms with Crippen LogP contribution in [0.2, 0.25) is 0 Å². The van der Waals surface area contributed by atoms with E-state index in [9.17, 15) is 27.4 Å². The maximum atomic E-state index is 12.1. The number of carbonyl (C=O) groups excluding carboxylic acids is 3. The van der Waals surface area contributed by atoms with Crippen molar-refractivity contribution in [3.63, 3.8) is 0 Å². The molecule has 198 valence electrons. The van der Waals surface area contributed by atoms with E-state index in [2.05, 4.69) is 42.7 Å². The Morgan fingerprint density at radius 3 is 2.46 bits per heavy atom. The zero-order chi connectivity index (χ0) is 26.8. The Balaban J connectivity index is 1.45. The lowest BCUT2D eigenvalue weighted by Crippen LogP contribution is -2.32. The van der Waals surface area contributed by atoms with Crippen LogP contribution in [-0.2, 0) is 34.8 Å². The number of unbranched alkanes of at least 4 members (excludes halogenated alkanes) is 2. The first-order chi connectivity index (χ1) is 17.5. The highest BCUT2D eigenvalue weighted by Gasteiger charge is 2.47. The molecule has 2 aromatic rings. The SMILES string of the molecule is CC1=[N+](CCCS(=O)(=O)O)c2ccc3ccccc3c2C1(C)CCCCCC(=O)ON1C(=O)CCC1=O. The number of carbonyl (C=O) groups is 3. The van der Waals surface area contributed by atoms with E-state index in [-0.39, 0.29) is 30.4 Å². The quantitative estimate of drug-likeness (QED) is 0.202. The Morgan fingerprint density at radius 2 is 1.76 bits per heavy atom. The van der Waals surface area contributed by atoms with Gasteiger partial charge in [-0.2, -0.15) is 13.0 Å². The third-order valence-corrected chi connectivity index (χ3v) is 8.30. The summed E-state index contributed by atoms with van der Waals surface area (Å²) in [7, 11) is -4.03. The van der Waals surface area contributed by atoms with Gasteiger partial charge in [-0.05, 0) is 36.6 Å². The largest absolute Gasteiger partial charge is 0.333 e. The number of benzene rings is 2. The van der Waals surface area contributed by atoms with Gasteiger partial charge >= 0.3 is 5.97 Å². The lowest BCUT2D eigenvalue weighted by molar-refractivity contribution is -0.438. The van der Waals surface area contributed by atoms with E-state index in [1.807, 2.05) is 12.1 Å². The van der Waals surface area contributed by atoms with Crippen molar-refractivity contribution in [3.05, 3.63) is 42.0 Å². The summed E-state index contributed by atoms with van der Waals surface area (Å²) >= 11 is 0. The molecule has 2 aliphatic rings. The van der Waals surface area contributed by atoms with Crippen LogP contribution >= 0.6 is 0 Å². The maximum Gasteiger partial charge on any atom is 0.333 e. The van der Waals surface area contributed by atoms with Crippen LogP contribution in [0.5, 0.6) is 0 Å². The molecule has 0 radical (unpaired) electrons. The van der Waals surface area contributed by atoms with Crippen molar-refractivity contribution >= 4 is 50.1 Å². The average molecular weight is 530 g/mol. The number of amides is 2. The van der Waals surface area contributed by atoms with Crippen LogP contribution in [0.1, 0.15) is 70.8 Å². The van der Waals surface area contributed by atoms with Crippen LogP contribution in [0.25, 0.3) is 10.8 Å². The van der Waals surface area contributed by atoms with E-state index in [0.717, 1.165) is 41.4 Å². The van der Waals surface area contributed by atoms with Crippen LogP contribution in [-0.4, -0.2) is 58.4 Å². The molecule has 0 aliphatic carbocycles. The highest BCUT2D eigenvalue weighted by Crippen LogP contribution is 2.46. The van der Waals surface area contributed by atoms with Gasteiger partial charge in [-0.1, -0.05) is 37.1 Å². The van der Waals surface area contributed by atoms with Gasteiger partial charge in [0.25, 0.3) is 21.9 Å². The van der Waals surface area contributed by atoms with Crippen LogP contribution < -0.4 is 0 Å². The third kappa shape index (κ3) is 5.75. The van der Waals surface area contributed by atoms with Gasteiger partial charge in [-0.15, -0.1) is 5.06 Å². The Bertz CT molecular complexity index is 1370. The van der Waals surface area contributed by atoms with Crippen molar-refractivity contribution in [2.24, 2.45) is 0 Å². The van der Waals surface area contributed by atoms with E-state index in [1.54, 1.807) is 0 Å². The molecule has 9 nitrogen and oxygen atoms in total. The summed E-state index contributed by atoms with van der Waals surface area (Å²) in [6.07, 6.45) is 3.58. The smallest absolute Gasteiger partial charge is 0.330 e. The van der Waals surface area contributed by atoms with E-state index >= 15 is 0 Å². The second-order valence-electron chi connectivity index (χ2n) is 10.00. The number of hydroxylamine groups is 2. The average Bonchev–Trinajstić information content (AvgIpc) is 3.27. The van der Waals surface area contributed by atoms with Gasteiger partial charge < -0.3 is 4.84 Å². The van der Waals surface area contributed by atoms with Gasteiger partial charge in [-0.3, -0.25) is 14.1 Å². The minimum Gasteiger partial charge on any atom is -0.330 e. The molecule has 1 saturated heterocycles. The lowest BCUT2D eigenvalue weighted by atomic mass is 9.74. The van der Waals surface area contributed by atoms with Crippen LogP contribution in [0.3, 0.4) is 0 Å². The standard InChI is InChI=1S/C27H32N2O7S/c1-19-27(2,16-7-3-4-11-25(32)36-29-23(30)14-15-24(29)31)26-21-10-6-5-9-20(21)12-13-22(26)28(19)17-8-18-37(33,34)35/h5-6,9-10,12-13H,3-4,7-8,11,14-18H2,1-2H3/p+1. The second kappa shape index (κ2) is 10.7. The molecule has 0 bridgehead atoms. The van der Waals surface area contributed by atoms with Crippen LogP contribution in [0, 0.1) is 0 Å². The zero-order valence-corrected chi connectivity index (χ0v) is 22.1. The summed E-state index contributed by atoms with van der Waals surface area (Å²) in [6.45, 7) is 4.76. The summed E-state index contributed by atoms with van der Waals surface area (Å²) in [6, 6.07) is 12.4. The molecule has 0 saturated carbocycles. The minimum atomic E-state index is -4.03. The summed E-state index contributed by atoms with van der Waals surface area (Å²) in [5, 5.41) is 2.87. The molecule has 1 unspecified atom stereocenters. The number of hydrogen-bond donors (Lipinski definition) is 1. The molecule has 1 atom stereocenters. The molecular weight excluding hydrogens is 496 g/mol. The first-order valence-electron chi connectivity index (χ1n) is 12.7. The number of nitrogens with zero attached hydrogens (tertiary/aromatic N) is 2. The number of imide groups is 1. The molecule has 2 aromatic carbocycles. The maximum absolute atomic E-state index is 12.1. The first kappa shape index (κ1) is 26.9. The monoisotopic (exact) mass is 529 g/mol. The summed E-state index contributed by atoms with van der Waals surface area (Å²) in [4.78, 5) is 40.3. The van der Waals surface area contributed by atoms with Crippen molar-refractivity contribution < 1.29 is 36.8 Å². The molecule has 0 aromatic heterocycles. The Labute approximate surface area is 216 Å². The van der Waals surface area contributed by atoms with E-state index in [1.165, 1.54) is 5.56 Å². The fraction of sp³-hybridized carbons (Fsp3) is 0.481. The number of hydrogen-bond acceptors (Lipinski definition) is 6. The van der Waals surface area contributed by atoms with Gasteiger partial charge in [-0.25, -0.2) is 4.79 Å². The fourth-order valence-corrected chi connectivity index (χ4v) is 5.95. The van der Waals surface area contributed by atoms with Gasteiger partial charge in [0, 0.05) is 44.2 Å². The molecule has 2 amide bonds. The Hall–Kier alpha value is -3.11. The number of fused-ring (bicyclic) bond motifs is 3. The molecule has 0 spiro atoms. The van der Waals surface area contributed by atoms with Crippen molar-refractivity contribution in [1.29, 1.82) is 0 Å². The lowest BCUT2D eigenvalue weighted by Gasteiger charge is -2.23. The van der Waals surface area contributed by atoms with Crippen molar-refractivity contribution in [3.8, 4) is 0 Å². The third-order valence-electron chi connectivity index (χ3n) is 7.49. The molecule has 1 fully saturated rings. The van der Waals surface area contributed by atoms with Gasteiger partial charge in [0.15, 0.2) is 5.71 Å². The van der Waals surface area contributed by atoms with Crippen molar-refractivity contribution in [2.75, 3.05) is 12.3 Å². The van der Waals surface area contributed by atoms with Crippen LogP contribution in [0.4, 0.5) is 5.69 Å². The van der Waals surface area contributed by atoms with Crippen molar-refractivity contribution in [1.82, 2.24) is 5.06 Å². The van der Waals surface area contributed by atoms with Crippen molar-refractivity contribution in [2.45, 2.75) is 70.6 Å². The fourth-order valence-electron chi connectivity index (χ4n) is 5.45. The molecule has 2 heterocycles. The summed E-state index contributed by atoms with van der Waals surface area (Å²) in [5.41, 5.74) is 3.10. The van der Waals surface area contributed by atoms with E-state index in [4.69, 9.17) is 4.84 Å². The molecule has 4 rings (SSSR count). The van der Waals surface area contributed by atoms with E-state index < -0.39 is 27.9 Å². The summed E-state index contributed by atoms with van der Waals surface area (Å²) in [5.74, 6) is -1.84. The molecular formula is C27H33N2O7S+. The molecule has 2 aliphatic heterocycles. The predicted octanol–water partition coefficient (Wildman–Crippen LogP) is 4.05. The highest BCUT2D eigenvalue weighted by atomic mass is 32.2. The number of rotatable bonds is 11. The predicted molar refractivity (Wildman–Crippen MR) is 138 cm³/mol. The zero-order valence-electron chi connectivity index (χ0n) is 21.2. The molecule has 10 heteroatoms.